The van der Waals surface area contributed by atoms with E-state index in [1.807, 2.05) is 51.2 Å². The molecule has 0 spiro atoms. The number of rotatable bonds is 9. The van der Waals surface area contributed by atoms with Crippen molar-refractivity contribution >= 4 is 17.6 Å². The SMILES string of the molecule is Cc1cc(C)c(NC(Cc2ccc(-c3cc(CNc4ncc[nH]4)c[nH]3)cc2)C(=O)O)c(C)c1. The first-order valence-corrected chi connectivity index (χ1v) is 11.0. The molecule has 2 aromatic carbocycles. The molecule has 0 saturated carbocycles. The van der Waals surface area contributed by atoms with E-state index >= 15 is 0 Å². The van der Waals surface area contributed by atoms with Crippen LogP contribution in [0, 0.1) is 20.8 Å². The number of carboxylic acids is 1. The second-order valence-corrected chi connectivity index (χ2v) is 8.42. The van der Waals surface area contributed by atoms with Gasteiger partial charge in [0, 0.05) is 42.9 Å². The molecule has 2 aromatic heterocycles. The van der Waals surface area contributed by atoms with Gasteiger partial charge in [0.25, 0.3) is 0 Å². The summed E-state index contributed by atoms with van der Waals surface area (Å²) in [4.78, 5) is 22.4. The van der Waals surface area contributed by atoms with E-state index in [1.54, 1.807) is 12.4 Å². The Labute approximate surface area is 193 Å². The third kappa shape index (κ3) is 5.44. The highest BCUT2D eigenvalue weighted by molar-refractivity contribution is 5.79. The lowest BCUT2D eigenvalue weighted by Crippen LogP contribution is -2.32. The number of benzene rings is 2. The van der Waals surface area contributed by atoms with Gasteiger partial charge in [-0.05, 0) is 54.7 Å². The van der Waals surface area contributed by atoms with Gasteiger partial charge in [0.15, 0.2) is 5.95 Å². The number of carboxylic acid groups (broad SMARTS) is 1. The number of carbonyl (C=O) groups is 1. The molecular weight excluding hydrogens is 414 g/mol. The zero-order valence-electron chi connectivity index (χ0n) is 19.1. The van der Waals surface area contributed by atoms with Crippen molar-refractivity contribution in [3.63, 3.8) is 0 Å². The van der Waals surface area contributed by atoms with Gasteiger partial charge in [-0.3, -0.25) is 0 Å². The number of nitrogens with zero attached hydrogens (tertiary/aromatic N) is 1. The van der Waals surface area contributed by atoms with Crippen LogP contribution in [-0.2, 0) is 17.8 Å². The maximum absolute atomic E-state index is 12.0. The molecule has 0 aliphatic carbocycles. The standard InChI is InChI=1S/C26H29N5O2/c1-16-10-17(2)24(18(3)11-16)31-23(25(32)33)12-19-4-6-21(7-5-19)22-13-20(14-29-22)15-30-26-27-8-9-28-26/h4-11,13-14,23,29,31H,12,15H2,1-3H3,(H,32,33)(H2,27,28,30). The van der Waals surface area contributed by atoms with Gasteiger partial charge in [-0.25, -0.2) is 9.78 Å². The van der Waals surface area contributed by atoms with Crippen LogP contribution in [0.15, 0.2) is 61.1 Å². The molecule has 4 rings (SSSR count). The van der Waals surface area contributed by atoms with Crippen molar-refractivity contribution in [2.24, 2.45) is 0 Å². The Hall–Kier alpha value is -4.00. The van der Waals surface area contributed by atoms with E-state index < -0.39 is 12.0 Å². The van der Waals surface area contributed by atoms with Crippen molar-refractivity contribution < 1.29 is 9.90 Å². The number of hydrogen-bond acceptors (Lipinski definition) is 4. The van der Waals surface area contributed by atoms with Crippen LogP contribution in [-0.4, -0.2) is 32.1 Å². The van der Waals surface area contributed by atoms with Crippen molar-refractivity contribution in [3.8, 4) is 11.3 Å². The van der Waals surface area contributed by atoms with Crippen molar-refractivity contribution in [2.75, 3.05) is 10.6 Å². The Bertz CT molecular complexity index is 1200. The van der Waals surface area contributed by atoms with Gasteiger partial charge in [0.1, 0.15) is 6.04 Å². The first-order valence-electron chi connectivity index (χ1n) is 11.0. The average Bonchev–Trinajstić information content (AvgIpc) is 3.46. The quantitative estimate of drug-likeness (QED) is 0.249. The van der Waals surface area contributed by atoms with Crippen LogP contribution >= 0.6 is 0 Å². The van der Waals surface area contributed by atoms with E-state index in [-0.39, 0.29) is 0 Å². The Balaban J connectivity index is 1.42. The summed E-state index contributed by atoms with van der Waals surface area (Å²) in [5.41, 5.74) is 8.31. The molecule has 0 bridgehead atoms. The van der Waals surface area contributed by atoms with Crippen LogP contribution in [0.2, 0.25) is 0 Å². The fourth-order valence-corrected chi connectivity index (χ4v) is 4.09. The molecule has 0 aliphatic rings. The number of aromatic nitrogens is 3. The summed E-state index contributed by atoms with van der Waals surface area (Å²) in [6.07, 6.45) is 5.85. The van der Waals surface area contributed by atoms with Gasteiger partial charge in [0.2, 0.25) is 0 Å². The smallest absolute Gasteiger partial charge is 0.326 e. The molecule has 7 heteroatoms. The van der Waals surface area contributed by atoms with Crippen LogP contribution in [0.4, 0.5) is 11.6 Å². The first kappa shape index (κ1) is 22.2. The Morgan fingerprint density at radius 3 is 2.39 bits per heavy atom. The summed E-state index contributed by atoms with van der Waals surface area (Å²) in [6, 6.07) is 13.5. The lowest BCUT2D eigenvalue weighted by molar-refractivity contribution is -0.137. The van der Waals surface area contributed by atoms with Gasteiger partial charge in [-0.2, -0.15) is 0 Å². The summed E-state index contributed by atoms with van der Waals surface area (Å²) in [7, 11) is 0. The largest absolute Gasteiger partial charge is 0.480 e. The fraction of sp³-hybridized carbons (Fsp3) is 0.231. The number of aryl methyl sites for hydroxylation is 3. The topological polar surface area (TPSA) is 106 Å². The number of anilines is 2. The monoisotopic (exact) mass is 443 g/mol. The highest BCUT2D eigenvalue weighted by Crippen LogP contribution is 2.25. The minimum absolute atomic E-state index is 0.394. The highest BCUT2D eigenvalue weighted by Gasteiger charge is 2.20. The molecule has 4 aromatic rings. The Kier molecular flexibility index (Phi) is 6.49. The molecule has 1 atom stereocenters. The summed E-state index contributed by atoms with van der Waals surface area (Å²) in [5.74, 6) is -0.128. The molecule has 7 nitrogen and oxygen atoms in total. The van der Waals surface area contributed by atoms with Crippen LogP contribution in [0.25, 0.3) is 11.3 Å². The summed E-state index contributed by atoms with van der Waals surface area (Å²) in [6.45, 7) is 6.71. The maximum Gasteiger partial charge on any atom is 0.326 e. The highest BCUT2D eigenvalue weighted by atomic mass is 16.4. The molecule has 0 radical (unpaired) electrons. The summed E-state index contributed by atoms with van der Waals surface area (Å²) < 4.78 is 0. The van der Waals surface area contributed by atoms with E-state index in [1.165, 1.54) is 5.56 Å². The predicted molar refractivity (Wildman–Crippen MR) is 132 cm³/mol. The molecule has 0 amide bonds. The van der Waals surface area contributed by atoms with Gasteiger partial charge in [-0.15, -0.1) is 0 Å². The number of hydrogen-bond donors (Lipinski definition) is 5. The van der Waals surface area contributed by atoms with Crippen LogP contribution in [0.3, 0.4) is 0 Å². The molecule has 170 valence electrons. The zero-order chi connectivity index (χ0) is 23.4. The van der Waals surface area contributed by atoms with E-state index in [4.69, 9.17) is 0 Å². The minimum Gasteiger partial charge on any atom is -0.480 e. The van der Waals surface area contributed by atoms with E-state index in [0.717, 1.165) is 45.1 Å². The van der Waals surface area contributed by atoms with E-state index in [9.17, 15) is 9.90 Å². The van der Waals surface area contributed by atoms with E-state index in [0.29, 0.717) is 13.0 Å². The molecule has 33 heavy (non-hydrogen) atoms. The van der Waals surface area contributed by atoms with Gasteiger partial charge < -0.3 is 25.7 Å². The molecule has 1 unspecified atom stereocenters. The van der Waals surface area contributed by atoms with Crippen molar-refractivity contribution in [2.45, 2.75) is 39.8 Å². The Morgan fingerprint density at radius 2 is 1.76 bits per heavy atom. The number of imidazole rings is 1. The maximum atomic E-state index is 12.0. The second kappa shape index (κ2) is 9.65. The van der Waals surface area contributed by atoms with Crippen molar-refractivity contribution in [1.82, 2.24) is 15.0 Å². The molecule has 5 N–H and O–H groups in total. The average molecular weight is 444 g/mol. The van der Waals surface area contributed by atoms with Crippen LogP contribution in [0.1, 0.15) is 27.8 Å². The van der Waals surface area contributed by atoms with E-state index in [2.05, 4.69) is 43.8 Å². The summed E-state index contributed by atoms with van der Waals surface area (Å²) >= 11 is 0. The Morgan fingerprint density at radius 1 is 1.03 bits per heavy atom. The van der Waals surface area contributed by atoms with Crippen molar-refractivity contribution in [3.05, 3.63) is 88.9 Å². The molecule has 2 heterocycles. The van der Waals surface area contributed by atoms with Gasteiger partial charge >= 0.3 is 5.97 Å². The minimum atomic E-state index is -0.864. The number of nitrogens with one attached hydrogen (secondary N) is 4. The molecule has 0 saturated heterocycles. The summed E-state index contributed by atoms with van der Waals surface area (Å²) in [5, 5.41) is 16.3. The fourth-order valence-electron chi connectivity index (χ4n) is 4.09. The number of aromatic amines is 2. The van der Waals surface area contributed by atoms with Crippen molar-refractivity contribution in [1.29, 1.82) is 0 Å². The first-order chi connectivity index (χ1) is 15.9. The molecule has 0 fully saturated rings. The molecular formula is C26H29N5O2. The van der Waals surface area contributed by atoms with Gasteiger partial charge in [-0.1, -0.05) is 42.0 Å². The van der Waals surface area contributed by atoms with Gasteiger partial charge in [0.05, 0.1) is 0 Å². The van der Waals surface area contributed by atoms with Crippen LogP contribution < -0.4 is 10.6 Å². The third-order valence-electron chi connectivity index (χ3n) is 5.70. The lowest BCUT2D eigenvalue weighted by Gasteiger charge is -2.20. The normalized spacial score (nSPS) is 11.8. The second-order valence-electron chi connectivity index (χ2n) is 8.42. The predicted octanol–water partition coefficient (Wildman–Crippen LogP) is 5.05. The zero-order valence-corrected chi connectivity index (χ0v) is 19.1. The number of H-pyrrole nitrogens is 2. The van der Waals surface area contributed by atoms with Crippen LogP contribution in [0.5, 0.6) is 0 Å². The molecule has 0 aliphatic heterocycles. The lowest BCUT2D eigenvalue weighted by atomic mass is 10.0. The number of aliphatic carboxylic acids is 1. The third-order valence-corrected chi connectivity index (χ3v) is 5.70.